The van der Waals surface area contributed by atoms with Crippen LogP contribution in [0.25, 0.3) is 0 Å². The maximum atomic E-state index is 13.0. The highest BCUT2D eigenvalue weighted by molar-refractivity contribution is 6.17. The van der Waals surface area contributed by atoms with Gasteiger partial charge in [-0.15, -0.1) is 11.6 Å². The summed E-state index contributed by atoms with van der Waals surface area (Å²) in [6, 6.07) is 4.36. The van der Waals surface area contributed by atoms with Crippen molar-refractivity contribution in [3.05, 3.63) is 29.3 Å². The Bertz CT molecular complexity index is 472. The Morgan fingerprint density at radius 2 is 1.95 bits per heavy atom. The minimum absolute atomic E-state index is 0.118. The van der Waals surface area contributed by atoms with Crippen molar-refractivity contribution in [1.82, 2.24) is 0 Å². The summed E-state index contributed by atoms with van der Waals surface area (Å²) in [4.78, 5) is 1.88. The number of anilines is 1. The van der Waals surface area contributed by atoms with Crippen molar-refractivity contribution >= 4 is 17.3 Å². The summed E-state index contributed by atoms with van der Waals surface area (Å²) >= 11 is 5.60. The van der Waals surface area contributed by atoms with Crippen LogP contribution in [0.5, 0.6) is 0 Å². The molecule has 0 aliphatic carbocycles. The predicted octanol–water partition coefficient (Wildman–Crippen LogP) is 4.31. The van der Waals surface area contributed by atoms with Crippen LogP contribution < -0.4 is 4.90 Å². The van der Waals surface area contributed by atoms with E-state index in [1.54, 1.807) is 6.07 Å². The highest BCUT2D eigenvalue weighted by atomic mass is 35.5. The Hall–Kier alpha value is -0.940. The highest BCUT2D eigenvalue weighted by Gasteiger charge is 2.33. The van der Waals surface area contributed by atoms with Crippen molar-refractivity contribution in [3.63, 3.8) is 0 Å². The lowest BCUT2D eigenvalue weighted by atomic mass is 9.99. The minimum atomic E-state index is -4.38. The molecule has 2 rings (SSSR count). The summed E-state index contributed by atoms with van der Waals surface area (Å²) in [5.41, 5.74) is 0.0453. The first-order chi connectivity index (χ1) is 9.91. The Kier molecular flexibility index (Phi) is 5.38. The molecule has 0 aromatic heterocycles. The first-order valence-electron chi connectivity index (χ1n) is 6.96. The van der Waals surface area contributed by atoms with Crippen molar-refractivity contribution in [2.75, 3.05) is 31.7 Å². The molecule has 2 nitrogen and oxygen atoms in total. The SMILES string of the molecule is CN(CC1CCOCC1)c1ccc(CCl)c(C(F)(F)F)c1. The molecule has 6 heteroatoms. The van der Waals surface area contributed by atoms with E-state index in [1.165, 1.54) is 12.1 Å². The van der Waals surface area contributed by atoms with E-state index in [-0.39, 0.29) is 11.4 Å². The first-order valence-corrected chi connectivity index (χ1v) is 7.50. The first kappa shape index (κ1) is 16.4. The normalized spacial score (nSPS) is 17.0. The topological polar surface area (TPSA) is 12.5 Å². The van der Waals surface area contributed by atoms with Crippen LogP contribution in [0.3, 0.4) is 0 Å². The van der Waals surface area contributed by atoms with Crippen LogP contribution in [0.2, 0.25) is 0 Å². The molecule has 0 amide bonds. The zero-order valence-electron chi connectivity index (χ0n) is 11.9. The van der Waals surface area contributed by atoms with Crippen molar-refractivity contribution in [2.24, 2.45) is 5.92 Å². The Morgan fingerprint density at radius 3 is 2.52 bits per heavy atom. The number of hydrogen-bond donors (Lipinski definition) is 0. The second-order valence-corrected chi connectivity index (χ2v) is 5.68. The Balaban J connectivity index is 2.15. The number of ether oxygens (including phenoxy) is 1. The number of nitrogens with zero attached hydrogens (tertiary/aromatic N) is 1. The van der Waals surface area contributed by atoms with Crippen LogP contribution in [-0.4, -0.2) is 26.8 Å². The fourth-order valence-corrected chi connectivity index (χ4v) is 2.84. The summed E-state index contributed by atoms with van der Waals surface area (Å²) in [6.45, 7) is 2.20. The van der Waals surface area contributed by atoms with Gasteiger partial charge in [-0.25, -0.2) is 0 Å². The number of benzene rings is 1. The fourth-order valence-electron chi connectivity index (χ4n) is 2.60. The van der Waals surface area contributed by atoms with Crippen molar-refractivity contribution < 1.29 is 17.9 Å². The second-order valence-electron chi connectivity index (χ2n) is 5.41. The molecule has 1 heterocycles. The second kappa shape index (κ2) is 6.88. The van der Waals surface area contributed by atoms with Crippen LogP contribution in [0.1, 0.15) is 24.0 Å². The molecule has 0 bridgehead atoms. The van der Waals surface area contributed by atoms with Crippen molar-refractivity contribution in [1.29, 1.82) is 0 Å². The maximum Gasteiger partial charge on any atom is 0.416 e. The summed E-state index contributed by atoms with van der Waals surface area (Å²) in [5, 5.41) is 0. The molecule has 1 aliphatic heterocycles. The van der Waals surface area contributed by atoms with Crippen LogP contribution in [0, 0.1) is 5.92 Å². The number of rotatable bonds is 4. The van der Waals surface area contributed by atoms with E-state index in [9.17, 15) is 13.2 Å². The van der Waals surface area contributed by atoms with E-state index in [2.05, 4.69) is 0 Å². The molecule has 0 atom stereocenters. The van der Waals surface area contributed by atoms with Gasteiger partial charge in [0.25, 0.3) is 0 Å². The molecular weight excluding hydrogens is 303 g/mol. The van der Waals surface area contributed by atoms with Gasteiger partial charge in [-0.1, -0.05) is 6.07 Å². The molecule has 1 saturated heterocycles. The van der Waals surface area contributed by atoms with Crippen molar-refractivity contribution in [3.8, 4) is 0 Å². The van der Waals surface area contributed by atoms with E-state index in [1.807, 2.05) is 11.9 Å². The van der Waals surface area contributed by atoms with Crippen LogP contribution in [0.15, 0.2) is 18.2 Å². The molecular formula is C15H19ClF3NO. The molecule has 0 radical (unpaired) electrons. The standard InChI is InChI=1S/C15H19ClF3NO/c1-20(10-11-4-6-21-7-5-11)13-3-2-12(9-16)14(8-13)15(17,18)19/h2-3,8,11H,4-7,9-10H2,1H3. The van der Waals surface area contributed by atoms with E-state index >= 15 is 0 Å². The third-order valence-corrected chi connectivity index (χ3v) is 4.14. The molecule has 0 unspecified atom stereocenters. The van der Waals surface area contributed by atoms with Gasteiger partial charge in [0.2, 0.25) is 0 Å². The molecule has 0 N–H and O–H groups in total. The van der Waals surface area contributed by atoms with E-state index in [0.29, 0.717) is 11.6 Å². The molecule has 0 saturated carbocycles. The molecule has 21 heavy (non-hydrogen) atoms. The monoisotopic (exact) mass is 321 g/mol. The lowest BCUT2D eigenvalue weighted by Gasteiger charge is -2.29. The molecule has 1 aromatic rings. The lowest BCUT2D eigenvalue weighted by molar-refractivity contribution is -0.138. The Labute approximate surface area is 127 Å². The van der Waals surface area contributed by atoms with Gasteiger partial charge in [-0.05, 0) is 36.5 Å². The maximum absolute atomic E-state index is 13.0. The molecule has 0 spiro atoms. The highest BCUT2D eigenvalue weighted by Crippen LogP contribution is 2.35. The van der Waals surface area contributed by atoms with Gasteiger partial charge in [-0.2, -0.15) is 13.2 Å². The van der Waals surface area contributed by atoms with Gasteiger partial charge in [-0.3, -0.25) is 0 Å². The van der Waals surface area contributed by atoms with Crippen LogP contribution >= 0.6 is 11.6 Å². The van der Waals surface area contributed by atoms with E-state index < -0.39 is 11.7 Å². The number of alkyl halides is 4. The average Bonchev–Trinajstić information content (AvgIpc) is 2.46. The summed E-state index contributed by atoms with van der Waals surface area (Å²) in [7, 11) is 1.82. The fraction of sp³-hybridized carbons (Fsp3) is 0.600. The minimum Gasteiger partial charge on any atom is -0.381 e. The molecule has 1 fully saturated rings. The summed E-state index contributed by atoms with van der Waals surface area (Å²) < 4.78 is 44.4. The molecule has 118 valence electrons. The van der Waals surface area contributed by atoms with E-state index in [4.69, 9.17) is 16.3 Å². The van der Waals surface area contributed by atoms with Crippen LogP contribution in [-0.2, 0) is 16.8 Å². The molecule has 1 aliphatic rings. The third-order valence-electron chi connectivity index (χ3n) is 3.86. The summed E-state index contributed by atoms with van der Waals surface area (Å²) in [6.07, 6.45) is -2.47. The number of hydrogen-bond acceptors (Lipinski definition) is 2. The van der Waals surface area contributed by atoms with Gasteiger partial charge in [0.15, 0.2) is 0 Å². The Morgan fingerprint density at radius 1 is 1.29 bits per heavy atom. The van der Waals surface area contributed by atoms with E-state index in [0.717, 1.165) is 32.6 Å². The van der Waals surface area contributed by atoms with Gasteiger partial charge >= 0.3 is 6.18 Å². The van der Waals surface area contributed by atoms with Gasteiger partial charge < -0.3 is 9.64 Å². The van der Waals surface area contributed by atoms with Crippen molar-refractivity contribution in [2.45, 2.75) is 24.9 Å². The molecule has 1 aromatic carbocycles. The average molecular weight is 322 g/mol. The third kappa shape index (κ3) is 4.27. The van der Waals surface area contributed by atoms with Crippen LogP contribution in [0.4, 0.5) is 18.9 Å². The zero-order valence-corrected chi connectivity index (χ0v) is 12.7. The predicted molar refractivity (Wildman–Crippen MR) is 77.8 cm³/mol. The van der Waals surface area contributed by atoms with Gasteiger partial charge in [0, 0.05) is 38.4 Å². The smallest absolute Gasteiger partial charge is 0.381 e. The number of halogens is 4. The summed E-state index contributed by atoms with van der Waals surface area (Å²) in [5.74, 6) is 0.324. The van der Waals surface area contributed by atoms with Gasteiger partial charge in [0.1, 0.15) is 0 Å². The zero-order chi connectivity index (χ0) is 15.5. The lowest BCUT2D eigenvalue weighted by Crippen LogP contribution is -2.29. The van der Waals surface area contributed by atoms with Gasteiger partial charge in [0.05, 0.1) is 5.56 Å². The largest absolute Gasteiger partial charge is 0.416 e. The quantitative estimate of drug-likeness (QED) is 0.766.